The lowest BCUT2D eigenvalue weighted by Gasteiger charge is -2.33. The molecule has 0 fully saturated rings. The van der Waals surface area contributed by atoms with Crippen LogP contribution in [0.5, 0.6) is 0 Å². The average molecular weight is 350 g/mol. The van der Waals surface area contributed by atoms with Crippen molar-refractivity contribution in [1.82, 2.24) is 9.55 Å². The second-order valence-electron chi connectivity index (χ2n) is 7.72. The molecule has 0 bridgehead atoms. The highest BCUT2D eigenvalue weighted by molar-refractivity contribution is 7.04. The standard InChI is InChI=1S/C23H18N2Si/c1-26(2)20-12-6-5-11-19(20)25-21-18(17-10-7-13-24-23(17)25)14-15-8-3-4-9-16(15)22(21)26/h3-14H,1-2H3. The van der Waals surface area contributed by atoms with Crippen LogP contribution in [0.3, 0.4) is 0 Å². The zero-order valence-corrected chi connectivity index (χ0v) is 15.8. The van der Waals surface area contributed by atoms with Crippen molar-refractivity contribution in [3.8, 4) is 5.69 Å². The minimum absolute atomic E-state index is 1.07. The number of pyridine rings is 1. The van der Waals surface area contributed by atoms with E-state index in [1.807, 2.05) is 12.3 Å². The Hall–Kier alpha value is -2.91. The van der Waals surface area contributed by atoms with Crippen molar-refractivity contribution >= 4 is 51.2 Å². The molecular weight excluding hydrogens is 332 g/mol. The van der Waals surface area contributed by atoms with E-state index in [-0.39, 0.29) is 0 Å². The number of nitrogens with zero attached hydrogens (tertiary/aromatic N) is 2. The molecule has 124 valence electrons. The summed E-state index contributed by atoms with van der Waals surface area (Å²) < 4.78 is 2.40. The fraction of sp³-hybridized carbons (Fsp3) is 0.0870. The van der Waals surface area contributed by atoms with E-state index in [4.69, 9.17) is 4.98 Å². The van der Waals surface area contributed by atoms with E-state index < -0.39 is 8.07 Å². The Bertz CT molecular complexity index is 1360. The maximum atomic E-state index is 4.78. The quantitative estimate of drug-likeness (QED) is 0.377. The maximum absolute atomic E-state index is 4.78. The van der Waals surface area contributed by atoms with Crippen LogP contribution in [0.1, 0.15) is 0 Å². The van der Waals surface area contributed by atoms with E-state index in [1.54, 1.807) is 5.19 Å². The van der Waals surface area contributed by atoms with Gasteiger partial charge in [-0.25, -0.2) is 4.98 Å². The Balaban J connectivity index is 2.02. The summed E-state index contributed by atoms with van der Waals surface area (Å²) in [4.78, 5) is 4.78. The van der Waals surface area contributed by atoms with Gasteiger partial charge in [-0.3, -0.25) is 4.57 Å². The lowest BCUT2D eigenvalue weighted by molar-refractivity contribution is 1.14. The summed E-state index contributed by atoms with van der Waals surface area (Å²) >= 11 is 0. The predicted molar refractivity (Wildman–Crippen MR) is 113 cm³/mol. The third-order valence-electron chi connectivity index (χ3n) is 5.98. The smallest absolute Gasteiger partial charge is 0.145 e. The SMILES string of the molecule is C[Si]1(C)c2ccccc2-n2c3ncccc3c3cc4ccccc4c1c32. The van der Waals surface area contributed by atoms with Crippen LogP contribution in [0.25, 0.3) is 38.4 Å². The molecule has 0 radical (unpaired) electrons. The molecular formula is C23H18N2Si. The molecule has 1 aliphatic heterocycles. The second kappa shape index (κ2) is 4.62. The highest BCUT2D eigenvalue weighted by Crippen LogP contribution is 2.36. The molecule has 3 aromatic carbocycles. The summed E-state index contributed by atoms with van der Waals surface area (Å²) in [6.07, 6.45) is 1.91. The first-order valence-corrected chi connectivity index (χ1v) is 12.1. The van der Waals surface area contributed by atoms with Crippen LogP contribution >= 0.6 is 0 Å². The second-order valence-corrected chi connectivity index (χ2v) is 12.0. The molecule has 0 N–H and O–H groups in total. The molecule has 2 aromatic heterocycles. The van der Waals surface area contributed by atoms with Crippen molar-refractivity contribution in [2.24, 2.45) is 0 Å². The van der Waals surface area contributed by atoms with Crippen molar-refractivity contribution in [3.63, 3.8) is 0 Å². The number of fused-ring (bicyclic) bond motifs is 7. The third kappa shape index (κ3) is 1.55. The van der Waals surface area contributed by atoms with Crippen LogP contribution in [0.15, 0.2) is 72.9 Å². The van der Waals surface area contributed by atoms with Crippen molar-refractivity contribution in [1.29, 1.82) is 0 Å². The molecule has 0 saturated heterocycles. The first-order chi connectivity index (χ1) is 12.7. The fourth-order valence-corrected chi connectivity index (χ4v) is 8.22. The minimum Gasteiger partial charge on any atom is -0.294 e. The minimum atomic E-state index is -1.84. The van der Waals surface area contributed by atoms with Gasteiger partial charge >= 0.3 is 0 Å². The molecule has 5 aromatic rings. The molecule has 1 aliphatic rings. The van der Waals surface area contributed by atoms with Crippen LogP contribution in [0, 0.1) is 0 Å². The van der Waals surface area contributed by atoms with E-state index in [0.717, 1.165) is 5.65 Å². The van der Waals surface area contributed by atoms with E-state index in [2.05, 4.69) is 78.3 Å². The van der Waals surface area contributed by atoms with Gasteiger partial charge in [0.05, 0.1) is 5.52 Å². The van der Waals surface area contributed by atoms with Gasteiger partial charge in [-0.1, -0.05) is 55.6 Å². The Morgan fingerprint density at radius 1 is 0.808 bits per heavy atom. The molecule has 0 spiro atoms. The summed E-state index contributed by atoms with van der Waals surface area (Å²) in [6.45, 7) is 4.98. The largest absolute Gasteiger partial charge is 0.294 e. The van der Waals surface area contributed by atoms with E-state index in [1.165, 1.54) is 37.9 Å². The third-order valence-corrected chi connectivity index (χ3v) is 9.50. The molecule has 0 unspecified atom stereocenters. The molecule has 2 nitrogen and oxygen atoms in total. The number of aromatic nitrogens is 2. The van der Waals surface area contributed by atoms with Gasteiger partial charge in [0.2, 0.25) is 0 Å². The van der Waals surface area contributed by atoms with Crippen LogP contribution in [-0.2, 0) is 0 Å². The Kier molecular flexibility index (Phi) is 2.54. The molecule has 3 heterocycles. The first-order valence-electron chi connectivity index (χ1n) is 9.09. The Morgan fingerprint density at radius 2 is 1.58 bits per heavy atom. The van der Waals surface area contributed by atoms with Crippen molar-refractivity contribution in [2.75, 3.05) is 0 Å². The normalized spacial score (nSPS) is 14.8. The summed E-state index contributed by atoms with van der Waals surface area (Å²) in [6, 6.07) is 24.4. The summed E-state index contributed by atoms with van der Waals surface area (Å²) in [7, 11) is -1.84. The molecule has 0 saturated carbocycles. The molecule has 0 aliphatic carbocycles. The first kappa shape index (κ1) is 14.3. The maximum Gasteiger partial charge on any atom is 0.145 e. The van der Waals surface area contributed by atoms with Crippen LogP contribution < -0.4 is 10.4 Å². The lowest BCUT2D eigenvalue weighted by atomic mass is 10.1. The summed E-state index contributed by atoms with van der Waals surface area (Å²) in [5.74, 6) is 0. The van der Waals surface area contributed by atoms with Gasteiger partial charge in [-0.05, 0) is 45.4 Å². The van der Waals surface area contributed by atoms with Gasteiger partial charge in [0.25, 0.3) is 0 Å². The molecule has 6 rings (SSSR count). The molecule has 26 heavy (non-hydrogen) atoms. The van der Waals surface area contributed by atoms with Crippen molar-refractivity contribution in [3.05, 3.63) is 72.9 Å². The van der Waals surface area contributed by atoms with Gasteiger partial charge < -0.3 is 0 Å². The van der Waals surface area contributed by atoms with Crippen molar-refractivity contribution in [2.45, 2.75) is 13.1 Å². The molecule has 3 heteroatoms. The highest BCUT2D eigenvalue weighted by atomic mass is 28.3. The van der Waals surface area contributed by atoms with Crippen LogP contribution in [-0.4, -0.2) is 17.6 Å². The monoisotopic (exact) mass is 350 g/mol. The zero-order chi connectivity index (χ0) is 17.5. The van der Waals surface area contributed by atoms with E-state index in [0.29, 0.717) is 0 Å². The number of hydrogen-bond donors (Lipinski definition) is 0. The predicted octanol–water partition coefficient (Wildman–Crippen LogP) is 4.47. The summed E-state index contributed by atoms with van der Waals surface area (Å²) in [5, 5.41) is 8.34. The number of rotatable bonds is 0. The Labute approximate surface area is 152 Å². The average Bonchev–Trinajstić information content (AvgIpc) is 2.99. The van der Waals surface area contributed by atoms with Gasteiger partial charge in [0, 0.05) is 22.7 Å². The number of hydrogen-bond acceptors (Lipinski definition) is 1. The van der Waals surface area contributed by atoms with Crippen LogP contribution in [0.2, 0.25) is 13.1 Å². The zero-order valence-electron chi connectivity index (χ0n) is 14.8. The highest BCUT2D eigenvalue weighted by Gasteiger charge is 2.38. The topological polar surface area (TPSA) is 17.8 Å². The summed E-state index contributed by atoms with van der Waals surface area (Å²) in [5.41, 5.74) is 3.74. The van der Waals surface area contributed by atoms with Crippen molar-refractivity contribution < 1.29 is 0 Å². The van der Waals surface area contributed by atoms with Gasteiger partial charge in [0.1, 0.15) is 13.7 Å². The molecule has 0 atom stereocenters. The number of para-hydroxylation sites is 1. The van der Waals surface area contributed by atoms with E-state index in [9.17, 15) is 0 Å². The van der Waals surface area contributed by atoms with E-state index >= 15 is 0 Å². The fourth-order valence-electron chi connectivity index (χ4n) is 4.86. The number of benzene rings is 3. The lowest BCUT2D eigenvalue weighted by Crippen LogP contribution is -2.57. The molecule has 0 amide bonds. The van der Waals surface area contributed by atoms with Gasteiger partial charge in [-0.15, -0.1) is 0 Å². The van der Waals surface area contributed by atoms with Gasteiger partial charge in [0.15, 0.2) is 0 Å². The van der Waals surface area contributed by atoms with Crippen LogP contribution in [0.4, 0.5) is 0 Å². The Morgan fingerprint density at radius 3 is 2.50 bits per heavy atom. The van der Waals surface area contributed by atoms with Gasteiger partial charge in [-0.2, -0.15) is 0 Å².